The van der Waals surface area contributed by atoms with E-state index in [1.807, 2.05) is 0 Å². The molecule has 0 bridgehead atoms. The third kappa shape index (κ3) is 4.26. The molecule has 0 aromatic heterocycles. The Hall–Kier alpha value is -0.0800. The first-order valence-corrected chi connectivity index (χ1v) is 7.63. The van der Waals surface area contributed by atoms with Gasteiger partial charge in [0.25, 0.3) is 0 Å². The van der Waals surface area contributed by atoms with E-state index >= 15 is 0 Å². The predicted octanol–water partition coefficient (Wildman–Crippen LogP) is 2.87. The minimum Gasteiger partial charge on any atom is -0.330 e. The fourth-order valence-electron chi connectivity index (χ4n) is 3.11. The Balaban J connectivity index is 1.73. The maximum Gasteiger partial charge on any atom is 0.00388 e. The van der Waals surface area contributed by atoms with Crippen LogP contribution in [0.5, 0.6) is 0 Å². The monoisotopic (exact) mass is 238 g/mol. The molecule has 0 heterocycles. The van der Waals surface area contributed by atoms with Crippen LogP contribution in [0.4, 0.5) is 0 Å². The lowest BCUT2D eigenvalue weighted by Crippen LogP contribution is -2.38. The van der Waals surface area contributed by atoms with Crippen LogP contribution in [0.3, 0.4) is 0 Å². The zero-order valence-electron chi connectivity index (χ0n) is 11.7. The van der Waals surface area contributed by atoms with Crippen LogP contribution in [0.25, 0.3) is 0 Å². The molecule has 17 heavy (non-hydrogen) atoms. The van der Waals surface area contributed by atoms with Crippen LogP contribution in [0, 0.1) is 17.8 Å². The molecule has 0 amide bonds. The minimum atomic E-state index is 0.725. The zero-order chi connectivity index (χ0) is 12.3. The van der Waals surface area contributed by atoms with Crippen LogP contribution in [0.15, 0.2) is 0 Å². The van der Waals surface area contributed by atoms with Crippen LogP contribution in [-0.2, 0) is 0 Å². The molecule has 100 valence electrons. The highest BCUT2D eigenvalue weighted by molar-refractivity contribution is 4.82. The molecule has 0 unspecified atom stereocenters. The normalized spacial score (nSPS) is 30.2. The van der Waals surface area contributed by atoms with Crippen LogP contribution in [0.1, 0.15) is 52.4 Å². The van der Waals surface area contributed by atoms with E-state index in [1.165, 1.54) is 51.6 Å². The van der Waals surface area contributed by atoms with Gasteiger partial charge in [0, 0.05) is 19.1 Å². The number of rotatable bonds is 6. The Morgan fingerprint density at radius 3 is 1.65 bits per heavy atom. The van der Waals surface area contributed by atoms with Gasteiger partial charge in [0.2, 0.25) is 0 Å². The molecule has 0 saturated heterocycles. The summed E-state index contributed by atoms with van der Waals surface area (Å²) in [6.45, 7) is 8.31. The molecule has 0 aromatic carbocycles. The lowest BCUT2D eigenvalue weighted by Gasteiger charge is -2.34. The Morgan fingerprint density at radius 2 is 1.29 bits per heavy atom. The van der Waals surface area contributed by atoms with E-state index in [4.69, 9.17) is 5.73 Å². The summed E-state index contributed by atoms with van der Waals surface area (Å²) in [5.41, 5.74) is 5.76. The molecule has 2 nitrogen and oxygen atoms in total. The van der Waals surface area contributed by atoms with Gasteiger partial charge in [0.1, 0.15) is 0 Å². The third-order valence-electron chi connectivity index (χ3n) is 4.71. The SMILES string of the molecule is CC(C)N(CC1CCC(CN)CC1)CC1CC1. The van der Waals surface area contributed by atoms with Gasteiger partial charge in [-0.3, -0.25) is 0 Å². The molecule has 2 aliphatic carbocycles. The first-order valence-electron chi connectivity index (χ1n) is 7.63. The van der Waals surface area contributed by atoms with Crippen LogP contribution in [-0.4, -0.2) is 30.6 Å². The van der Waals surface area contributed by atoms with E-state index in [-0.39, 0.29) is 0 Å². The van der Waals surface area contributed by atoms with Crippen molar-refractivity contribution in [3.05, 3.63) is 0 Å². The fraction of sp³-hybridized carbons (Fsp3) is 1.00. The Labute approximate surface area is 107 Å². The molecule has 0 radical (unpaired) electrons. The number of hydrogen-bond acceptors (Lipinski definition) is 2. The molecule has 2 aliphatic rings. The quantitative estimate of drug-likeness (QED) is 0.771. The van der Waals surface area contributed by atoms with Gasteiger partial charge in [0.15, 0.2) is 0 Å². The van der Waals surface area contributed by atoms with Crippen molar-refractivity contribution >= 4 is 0 Å². The summed E-state index contributed by atoms with van der Waals surface area (Å²) < 4.78 is 0. The highest BCUT2D eigenvalue weighted by atomic mass is 15.2. The molecule has 2 N–H and O–H groups in total. The molecule has 0 aliphatic heterocycles. The van der Waals surface area contributed by atoms with Gasteiger partial charge in [-0.1, -0.05) is 0 Å². The van der Waals surface area contributed by atoms with E-state index in [1.54, 1.807) is 0 Å². The Kier molecular flexibility index (Phi) is 4.87. The standard InChI is InChI=1S/C15H30N2/c1-12(2)17(11-15-7-8-15)10-14-5-3-13(9-16)4-6-14/h12-15H,3-11,16H2,1-2H3. The Bertz CT molecular complexity index is 215. The van der Waals surface area contributed by atoms with Gasteiger partial charge in [-0.2, -0.15) is 0 Å². The lowest BCUT2D eigenvalue weighted by molar-refractivity contribution is 0.148. The molecule has 2 saturated carbocycles. The number of hydrogen-bond donors (Lipinski definition) is 1. The summed E-state index contributed by atoms with van der Waals surface area (Å²) in [6, 6.07) is 0.725. The van der Waals surface area contributed by atoms with Gasteiger partial charge in [-0.25, -0.2) is 0 Å². The van der Waals surface area contributed by atoms with Crippen molar-refractivity contribution in [2.45, 2.75) is 58.4 Å². The van der Waals surface area contributed by atoms with Crippen molar-refractivity contribution in [2.24, 2.45) is 23.5 Å². The van der Waals surface area contributed by atoms with Crippen LogP contribution >= 0.6 is 0 Å². The highest BCUT2D eigenvalue weighted by Crippen LogP contribution is 2.33. The third-order valence-corrected chi connectivity index (χ3v) is 4.71. The summed E-state index contributed by atoms with van der Waals surface area (Å²) in [6.07, 6.45) is 8.52. The first-order chi connectivity index (χ1) is 8.19. The highest BCUT2D eigenvalue weighted by Gasteiger charge is 2.28. The molecular weight excluding hydrogens is 208 g/mol. The van der Waals surface area contributed by atoms with Gasteiger partial charge >= 0.3 is 0 Å². The number of nitrogens with two attached hydrogens (primary N) is 1. The van der Waals surface area contributed by atoms with Crippen LogP contribution < -0.4 is 5.73 Å². The van der Waals surface area contributed by atoms with Gasteiger partial charge in [-0.05, 0) is 76.7 Å². The Morgan fingerprint density at radius 1 is 0.882 bits per heavy atom. The molecule has 0 spiro atoms. The van der Waals surface area contributed by atoms with Crippen LogP contribution in [0.2, 0.25) is 0 Å². The van der Waals surface area contributed by atoms with E-state index in [9.17, 15) is 0 Å². The first kappa shape index (κ1) is 13.4. The van der Waals surface area contributed by atoms with Crippen molar-refractivity contribution in [3.8, 4) is 0 Å². The van der Waals surface area contributed by atoms with Gasteiger partial charge in [-0.15, -0.1) is 0 Å². The molecule has 0 aromatic rings. The van der Waals surface area contributed by atoms with Crippen molar-refractivity contribution < 1.29 is 0 Å². The summed E-state index contributed by atoms with van der Waals surface area (Å²) in [7, 11) is 0. The van der Waals surface area contributed by atoms with Gasteiger partial charge < -0.3 is 10.6 Å². The molecule has 2 rings (SSSR count). The lowest BCUT2D eigenvalue weighted by atomic mass is 9.81. The van der Waals surface area contributed by atoms with Crippen molar-refractivity contribution in [1.82, 2.24) is 4.90 Å². The average molecular weight is 238 g/mol. The van der Waals surface area contributed by atoms with E-state index in [0.29, 0.717) is 0 Å². The maximum absolute atomic E-state index is 5.76. The van der Waals surface area contributed by atoms with Crippen molar-refractivity contribution in [3.63, 3.8) is 0 Å². The summed E-state index contributed by atoms with van der Waals surface area (Å²) in [5, 5.41) is 0. The molecule has 2 fully saturated rings. The zero-order valence-corrected chi connectivity index (χ0v) is 11.7. The average Bonchev–Trinajstić information content (AvgIpc) is 3.13. The fourth-order valence-corrected chi connectivity index (χ4v) is 3.11. The second-order valence-electron chi connectivity index (χ2n) is 6.61. The second-order valence-corrected chi connectivity index (χ2v) is 6.61. The minimum absolute atomic E-state index is 0.725. The molecule has 2 heteroatoms. The van der Waals surface area contributed by atoms with E-state index in [2.05, 4.69) is 18.7 Å². The van der Waals surface area contributed by atoms with Crippen molar-refractivity contribution in [1.29, 1.82) is 0 Å². The van der Waals surface area contributed by atoms with Gasteiger partial charge in [0.05, 0.1) is 0 Å². The smallest absolute Gasteiger partial charge is 0.00388 e. The second kappa shape index (κ2) is 6.19. The summed E-state index contributed by atoms with van der Waals surface area (Å²) in [4.78, 5) is 2.73. The number of nitrogens with zero attached hydrogens (tertiary/aromatic N) is 1. The van der Waals surface area contributed by atoms with E-state index < -0.39 is 0 Å². The molecular formula is C15H30N2. The van der Waals surface area contributed by atoms with Crippen molar-refractivity contribution in [2.75, 3.05) is 19.6 Å². The maximum atomic E-state index is 5.76. The summed E-state index contributed by atoms with van der Waals surface area (Å²) in [5.74, 6) is 2.79. The van der Waals surface area contributed by atoms with E-state index in [0.717, 1.165) is 30.3 Å². The topological polar surface area (TPSA) is 29.3 Å². The summed E-state index contributed by atoms with van der Waals surface area (Å²) >= 11 is 0. The predicted molar refractivity (Wildman–Crippen MR) is 73.9 cm³/mol. The molecule has 0 atom stereocenters. The largest absolute Gasteiger partial charge is 0.330 e.